The molecule has 0 aromatic heterocycles. The van der Waals surface area contributed by atoms with E-state index in [-0.39, 0.29) is 18.2 Å². The number of nitro groups is 1. The molecular formula is C19H23N3O4. The number of aryl methyl sites for hydroxylation is 1. The summed E-state index contributed by atoms with van der Waals surface area (Å²) >= 11 is 0. The van der Waals surface area contributed by atoms with Gasteiger partial charge in [0.15, 0.2) is 6.61 Å². The summed E-state index contributed by atoms with van der Waals surface area (Å²) < 4.78 is 5.47. The van der Waals surface area contributed by atoms with Crippen molar-refractivity contribution in [2.75, 3.05) is 32.6 Å². The molecule has 7 nitrogen and oxygen atoms in total. The van der Waals surface area contributed by atoms with Gasteiger partial charge in [-0.1, -0.05) is 12.1 Å². The molecule has 0 unspecified atom stereocenters. The van der Waals surface area contributed by atoms with Crippen LogP contribution in [0, 0.1) is 17.0 Å². The molecule has 7 heteroatoms. The number of carbonyl (C=O) groups is 1. The largest absolute Gasteiger partial charge is 0.484 e. The van der Waals surface area contributed by atoms with Gasteiger partial charge in [0, 0.05) is 45.0 Å². The Balaban J connectivity index is 1.90. The van der Waals surface area contributed by atoms with Gasteiger partial charge in [0.05, 0.1) is 4.92 Å². The van der Waals surface area contributed by atoms with Gasteiger partial charge in [-0.2, -0.15) is 0 Å². The minimum absolute atomic E-state index is 0.0296. The van der Waals surface area contributed by atoms with Crippen molar-refractivity contribution in [2.24, 2.45) is 0 Å². The molecule has 0 N–H and O–H groups in total. The van der Waals surface area contributed by atoms with Crippen LogP contribution < -0.4 is 9.64 Å². The van der Waals surface area contributed by atoms with Crippen LogP contribution in [-0.4, -0.2) is 43.5 Å². The highest BCUT2D eigenvalue weighted by molar-refractivity contribution is 5.77. The highest BCUT2D eigenvalue weighted by Crippen LogP contribution is 2.23. The Kier molecular flexibility index (Phi) is 6.16. The number of likely N-dealkylation sites (N-methyl/N-ethyl adjacent to an activating group) is 1. The highest BCUT2D eigenvalue weighted by atomic mass is 16.6. The van der Waals surface area contributed by atoms with E-state index in [1.807, 2.05) is 43.3 Å². The number of rotatable bonds is 7. The number of nitrogens with zero attached hydrogens (tertiary/aromatic N) is 3. The summed E-state index contributed by atoms with van der Waals surface area (Å²) in [7, 11) is 5.66. The molecule has 138 valence electrons. The zero-order valence-corrected chi connectivity index (χ0v) is 15.4. The number of carbonyl (C=O) groups excluding carboxylic acids is 1. The molecule has 26 heavy (non-hydrogen) atoms. The van der Waals surface area contributed by atoms with E-state index in [4.69, 9.17) is 4.74 Å². The average molecular weight is 357 g/mol. The number of hydrogen-bond acceptors (Lipinski definition) is 5. The van der Waals surface area contributed by atoms with Crippen molar-refractivity contribution in [3.63, 3.8) is 0 Å². The lowest BCUT2D eigenvalue weighted by Gasteiger charge is -2.18. The van der Waals surface area contributed by atoms with Gasteiger partial charge in [-0.25, -0.2) is 0 Å². The molecule has 0 fully saturated rings. The highest BCUT2D eigenvalue weighted by Gasteiger charge is 2.13. The van der Waals surface area contributed by atoms with Crippen molar-refractivity contribution in [3.8, 4) is 5.75 Å². The monoisotopic (exact) mass is 357 g/mol. The van der Waals surface area contributed by atoms with Gasteiger partial charge in [0.1, 0.15) is 5.75 Å². The fourth-order valence-electron chi connectivity index (χ4n) is 2.44. The summed E-state index contributed by atoms with van der Waals surface area (Å²) in [6, 6.07) is 12.4. The van der Waals surface area contributed by atoms with E-state index < -0.39 is 4.92 Å². The first-order chi connectivity index (χ1) is 12.3. The third kappa shape index (κ3) is 4.95. The van der Waals surface area contributed by atoms with E-state index >= 15 is 0 Å². The maximum Gasteiger partial charge on any atom is 0.272 e. The van der Waals surface area contributed by atoms with Crippen molar-refractivity contribution >= 4 is 17.3 Å². The molecule has 0 heterocycles. The maximum atomic E-state index is 12.2. The molecule has 0 aliphatic heterocycles. The molecule has 0 spiro atoms. The van der Waals surface area contributed by atoms with Gasteiger partial charge < -0.3 is 14.5 Å². The number of amides is 1. The Morgan fingerprint density at radius 3 is 2.31 bits per heavy atom. The van der Waals surface area contributed by atoms with Crippen LogP contribution in [0.15, 0.2) is 42.5 Å². The minimum atomic E-state index is -0.445. The molecular weight excluding hydrogens is 334 g/mol. The van der Waals surface area contributed by atoms with Gasteiger partial charge in [0.2, 0.25) is 0 Å². The lowest BCUT2D eigenvalue weighted by Crippen LogP contribution is -2.31. The lowest BCUT2D eigenvalue weighted by atomic mass is 10.2. The number of anilines is 1. The second-order valence-electron chi connectivity index (χ2n) is 6.30. The summed E-state index contributed by atoms with van der Waals surface area (Å²) in [5.41, 5.74) is 2.65. The van der Waals surface area contributed by atoms with Crippen LogP contribution in [0.25, 0.3) is 0 Å². The van der Waals surface area contributed by atoms with Gasteiger partial charge in [-0.3, -0.25) is 14.9 Å². The van der Waals surface area contributed by atoms with Crippen LogP contribution in [0.2, 0.25) is 0 Å². The standard InChI is InChI=1S/C19H23N3O4/c1-14-11-17(9-10-18(14)22(24)25)26-13-19(23)21(4)12-15-5-7-16(8-6-15)20(2)3/h5-11H,12-13H2,1-4H3. The van der Waals surface area contributed by atoms with Crippen molar-refractivity contribution in [1.29, 1.82) is 0 Å². The Hall–Kier alpha value is -3.09. The van der Waals surface area contributed by atoms with E-state index in [0.29, 0.717) is 17.9 Å². The van der Waals surface area contributed by atoms with Gasteiger partial charge in [-0.15, -0.1) is 0 Å². The van der Waals surface area contributed by atoms with E-state index in [9.17, 15) is 14.9 Å². The minimum Gasteiger partial charge on any atom is -0.484 e. The number of benzene rings is 2. The molecule has 0 radical (unpaired) electrons. The summed E-state index contributed by atoms with van der Waals surface area (Å²) in [6.07, 6.45) is 0. The van der Waals surface area contributed by atoms with Gasteiger partial charge in [-0.05, 0) is 36.8 Å². The first-order valence-electron chi connectivity index (χ1n) is 8.16. The summed E-state index contributed by atoms with van der Waals surface area (Å²) in [5.74, 6) is 0.267. The van der Waals surface area contributed by atoms with E-state index in [0.717, 1.165) is 11.3 Å². The Bertz CT molecular complexity index is 788. The molecule has 0 saturated carbocycles. The Morgan fingerprint density at radius 2 is 1.77 bits per heavy atom. The third-order valence-corrected chi connectivity index (χ3v) is 4.03. The summed E-state index contributed by atoms with van der Waals surface area (Å²) in [5, 5.41) is 10.8. The first-order valence-corrected chi connectivity index (χ1v) is 8.16. The molecule has 1 amide bonds. The second kappa shape index (κ2) is 8.33. The predicted octanol–water partition coefficient (Wildman–Crippen LogP) is 3.01. The van der Waals surface area contributed by atoms with Gasteiger partial charge >= 0.3 is 0 Å². The molecule has 0 aliphatic carbocycles. The van der Waals surface area contributed by atoms with Crippen molar-refractivity contribution < 1.29 is 14.5 Å². The van der Waals surface area contributed by atoms with Crippen LogP contribution in [0.4, 0.5) is 11.4 Å². The summed E-state index contributed by atoms with van der Waals surface area (Å²) in [6.45, 7) is 2.00. The van der Waals surface area contributed by atoms with Crippen molar-refractivity contribution in [1.82, 2.24) is 4.90 Å². The fraction of sp³-hybridized carbons (Fsp3) is 0.316. The van der Waals surface area contributed by atoms with Crippen LogP contribution in [0.5, 0.6) is 5.75 Å². The van der Waals surface area contributed by atoms with Crippen LogP contribution in [-0.2, 0) is 11.3 Å². The SMILES string of the molecule is Cc1cc(OCC(=O)N(C)Cc2ccc(N(C)C)cc2)ccc1[N+](=O)[O-]. The van der Waals surface area contributed by atoms with Crippen molar-refractivity contribution in [3.05, 3.63) is 63.7 Å². The third-order valence-electron chi connectivity index (χ3n) is 4.03. The molecule has 2 rings (SSSR count). The average Bonchev–Trinajstić information content (AvgIpc) is 2.59. The van der Waals surface area contributed by atoms with Crippen LogP contribution in [0.3, 0.4) is 0 Å². The topological polar surface area (TPSA) is 75.9 Å². The molecule has 0 saturated heterocycles. The molecule has 2 aromatic rings. The quantitative estimate of drug-likeness (QED) is 0.562. The van der Waals surface area contributed by atoms with Crippen LogP contribution in [0.1, 0.15) is 11.1 Å². The molecule has 0 aliphatic rings. The fourth-order valence-corrected chi connectivity index (χ4v) is 2.44. The van der Waals surface area contributed by atoms with E-state index in [2.05, 4.69) is 0 Å². The molecule has 0 atom stereocenters. The van der Waals surface area contributed by atoms with E-state index in [1.54, 1.807) is 24.9 Å². The normalized spacial score (nSPS) is 10.3. The number of hydrogen-bond donors (Lipinski definition) is 0. The zero-order chi connectivity index (χ0) is 19.3. The molecule has 2 aromatic carbocycles. The zero-order valence-electron chi connectivity index (χ0n) is 15.4. The molecule has 0 bridgehead atoms. The van der Waals surface area contributed by atoms with Gasteiger partial charge in [0.25, 0.3) is 11.6 Å². The van der Waals surface area contributed by atoms with E-state index in [1.165, 1.54) is 12.1 Å². The smallest absolute Gasteiger partial charge is 0.272 e. The maximum absolute atomic E-state index is 12.2. The Labute approximate surface area is 152 Å². The lowest BCUT2D eigenvalue weighted by molar-refractivity contribution is -0.385. The summed E-state index contributed by atoms with van der Waals surface area (Å²) in [4.78, 5) is 26.2. The van der Waals surface area contributed by atoms with Crippen molar-refractivity contribution in [2.45, 2.75) is 13.5 Å². The van der Waals surface area contributed by atoms with Crippen LogP contribution >= 0.6 is 0 Å². The first kappa shape index (κ1) is 19.2. The number of ether oxygens (including phenoxy) is 1. The predicted molar refractivity (Wildman–Crippen MR) is 101 cm³/mol. The number of nitro benzene ring substituents is 1. The Morgan fingerprint density at radius 1 is 1.12 bits per heavy atom. The second-order valence-corrected chi connectivity index (χ2v) is 6.30.